The number of hydrogen-bond acceptors (Lipinski definition) is 3. The van der Waals surface area contributed by atoms with Gasteiger partial charge in [0.25, 0.3) is 0 Å². The van der Waals surface area contributed by atoms with Crippen LogP contribution in [0.25, 0.3) is 0 Å². The summed E-state index contributed by atoms with van der Waals surface area (Å²) in [6.45, 7) is 5.88. The summed E-state index contributed by atoms with van der Waals surface area (Å²) in [5.41, 5.74) is 0.982. The maximum atomic E-state index is 12.3. The fourth-order valence-electron chi connectivity index (χ4n) is 3.02. The molecule has 1 aliphatic rings. The Morgan fingerprint density at radius 3 is 2.30 bits per heavy atom. The van der Waals surface area contributed by atoms with Crippen molar-refractivity contribution in [2.45, 2.75) is 63.7 Å². The zero-order chi connectivity index (χ0) is 17.4. The lowest BCUT2D eigenvalue weighted by atomic mass is 9.84. The molecule has 3 atom stereocenters. The number of carbonyl (C=O) groups excluding carboxylic acids is 2. The number of benzene rings is 1. The van der Waals surface area contributed by atoms with Gasteiger partial charge in [-0.2, -0.15) is 0 Å². The van der Waals surface area contributed by atoms with Crippen LogP contribution in [0.5, 0.6) is 0 Å². The van der Waals surface area contributed by atoms with Gasteiger partial charge < -0.3 is 0 Å². The quantitative estimate of drug-likeness (QED) is 0.779. The van der Waals surface area contributed by atoms with Gasteiger partial charge in [-0.25, -0.2) is 0 Å². The summed E-state index contributed by atoms with van der Waals surface area (Å²) in [5, 5.41) is 0. The third kappa shape index (κ3) is 5.69. The van der Waals surface area contributed by atoms with E-state index in [1.54, 1.807) is 6.26 Å². The van der Waals surface area contributed by atoms with Crippen LogP contribution < -0.4 is 0 Å². The van der Waals surface area contributed by atoms with Crippen molar-refractivity contribution in [2.75, 3.05) is 6.26 Å². The first kappa shape index (κ1) is 19.8. The molecule has 4 heteroatoms. The van der Waals surface area contributed by atoms with Gasteiger partial charge >= 0.3 is 0 Å². The second kappa shape index (κ2) is 9.76. The van der Waals surface area contributed by atoms with Crippen molar-refractivity contribution in [3.8, 4) is 0 Å². The molecule has 0 radical (unpaired) electrons. The molecule has 2 unspecified atom stereocenters. The summed E-state index contributed by atoms with van der Waals surface area (Å²) < 4.78 is 11.4. The Bertz CT molecular complexity index is 548. The molecular weight excluding hydrogens is 308 g/mol. The first-order valence-electron chi connectivity index (χ1n) is 8.49. The average molecular weight is 336 g/mol. The van der Waals surface area contributed by atoms with Gasteiger partial charge in [0.2, 0.25) is 0 Å². The van der Waals surface area contributed by atoms with E-state index in [2.05, 4.69) is 0 Å². The van der Waals surface area contributed by atoms with E-state index in [0.717, 1.165) is 23.3 Å². The molecule has 0 aliphatic heterocycles. The summed E-state index contributed by atoms with van der Waals surface area (Å²) in [6, 6.07) is 7.49. The summed E-state index contributed by atoms with van der Waals surface area (Å²) in [5.74, 6) is 0.738. The van der Waals surface area contributed by atoms with Crippen molar-refractivity contribution in [1.29, 1.82) is 0 Å². The van der Waals surface area contributed by atoms with Crippen LogP contribution in [-0.2, 0) is 20.4 Å². The highest BCUT2D eigenvalue weighted by Crippen LogP contribution is 2.34. The normalized spacial score (nSPS) is 19.7. The number of ketones is 2. The lowest BCUT2D eigenvalue weighted by Gasteiger charge is -2.19. The lowest BCUT2D eigenvalue weighted by Crippen LogP contribution is -2.15. The van der Waals surface area contributed by atoms with Gasteiger partial charge in [-0.1, -0.05) is 32.9 Å². The molecule has 1 aromatic rings. The van der Waals surface area contributed by atoms with Crippen LogP contribution in [0.4, 0.5) is 0 Å². The van der Waals surface area contributed by atoms with E-state index in [1.165, 1.54) is 0 Å². The van der Waals surface area contributed by atoms with Gasteiger partial charge in [0.1, 0.15) is 11.6 Å². The molecule has 1 fully saturated rings. The highest BCUT2D eigenvalue weighted by molar-refractivity contribution is 7.84. The van der Waals surface area contributed by atoms with E-state index in [9.17, 15) is 13.8 Å². The predicted molar refractivity (Wildman–Crippen MR) is 95.1 cm³/mol. The number of carbonyl (C=O) groups is 2. The van der Waals surface area contributed by atoms with Crippen molar-refractivity contribution >= 4 is 22.4 Å². The lowest BCUT2D eigenvalue weighted by molar-refractivity contribution is -0.121. The first-order valence-corrected chi connectivity index (χ1v) is 10.0. The largest absolute Gasteiger partial charge is 0.300 e. The number of rotatable bonds is 6. The molecule has 1 aromatic carbocycles. The predicted octanol–water partition coefficient (Wildman–Crippen LogP) is 4.27. The molecule has 1 aliphatic carbocycles. The first-order chi connectivity index (χ1) is 11.0. The Kier molecular flexibility index (Phi) is 8.38. The van der Waals surface area contributed by atoms with Crippen LogP contribution in [0, 0.1) is 5.92 Å². The monoisotopic (exact) mass is 336 g/mol. The molecule has 2 rings (SSSR count). The molecule has 0 heterocycles. The number of hydrogen-bond donors (Lipinski definition) is 0. The van der Waals surface area contributed by atoms with E-state index in [-0.39, 0.29) is 11.7 Å². The van der Waals surface area contributed by atoms with Crippen LogP contribution in [0.3, 0.4) is 0 Å². The molecule has 0 aromatic heterocycles. The SMILES string of the molecule is CC.CCC(=O)[C@H](CC1CCC(=O)C1)c1ccc(S(C)=O)cc1. The van der Waals surface area contributed by atoms with Gasteiger partial charge in [0, 0.05) is 47.1 Å². The minimum atomic E-state index is -1.00. The fraction of sp³-hybridized carbons (Fsp3) is 0.579. The van der Waals surface area contributed by atoms with Crippen molar-refractivity contribution < 1.29 is 13.8 Å². The standard InChI is InChI=1S/C17H22O3S.C2H6/c1-3-17(19)16(11-12-4-7-14(18)10-12)13-5-8-15(9-6-13)21(2)20;1-2/h5-6,8-9,12,16H,3-4,7,10-11H2,1-2H3;1-2H3/t12?,16-,21?;/m1./s1. The average Bonchev–Trinajstić information content (AvgIpc) is 2.99. The van der Waals surface area contributed by atoms with Crippen LogP contribution in [-0.4, -0.2) is 22.0 Å². The highest BCUT2D eigenvalue weighted by Gasteiger charge is 2.28. The molecular formula is C19H28O3S. The molecule has 0 spiro atoms. The highest BCUT2D eigenvalue weighted by atomic mass is 32.2. The van der Waals surface area contributed by atoms with Crippen LogP contribution >= 0.6 is 0 Å². The molecule has 0 amide bonds. The number of Topliss-reactive ketones (excluding diaryl/α,β-unsaturated/α-hetero) is 2. The molecule has 1 saturated carbocycles. The summed E-state index contributed by atoms with van der Waals surface area (Å²) in [6.07, 6.45) is 5.09. The zero-order valence-electron chi connectivity index (χ0n) is 14.6. The van der Waals surface area contributed by atoms with Crippen molar-refractivity contribution in [2.24, 2.45) is 5.92 Å². The van der Waals surface area contributed by atoms with Gasteiger partial charge in [0.05, 0.1) is 0 Å². The van der Waals surface area contributed by atoms with Crippen LogP contribution in [0.15, 0.2) is 29.2 Å². The third-order valence-electron chi connectivity index (χ3n) is 4.27. The van der Waals surface area contributed by atoms with E-state index in [1.807, 2.05) is 45.0 Å². The van der Waals surface area contributed by atoms with Crippen molar-refractivity contribution in [3.05, 3.63) is 29.8 Å². The minimum absolute atomic E-state index is 0.134. The zero-order valence-corrected chi connectivity index (χ0v) is 15.4. The van der Waals surface area contributed by atoms with E-state index in [4.69, 9.17) is 0 Å². The van der Waals surface area contributed by atoms with Gasteiger partial charge in [-0.05, 0) is 36.5 Å². The molecule has 23 heavy (non-hydrogen) atoms. The van der Waals surface area contributed by atoms with Gasteiger partial charge in [-0.3, -0.25) is 13.8 Å². The molecule has 0 bridgehead atoms. The fourth-order valence-corrected chi connectivity index (χ4v) is 3.54. The van der Waals surface area contributed by atoms with Gasteiger partial charge in [0.15, 0.2) is 0 Å². The maximum Gasteiger partial charge on any atom is 0.140 e. The Morgan fingerprint density at radius 2 is 1.87 bits per heavy atom. The molecule has 0 N–H and O–H groups in total. The van der Waals surface area contributed by atoms with Crippen molar-refractivity contribution in [3.63, 3.8) is 0 Å². The Balaban J connectivity index is 0.00000127. The van der Waals surface area contributed by atoms with E-state index < -0.39 is 10.8 Å². The maximum absolute atomic E-state index is 12.3. The Morgan fingerprint density at radius 1 is 1.26 bits per heavy atom. The van der Waals surface area contributed by atoms with Gasteiger partial charge in [-0.15, -0.1) is 0 Å². The minimum Gasteiger partial charge on any atom is -0.300 e. The summed E-state index contributed by atoms with van der Waals surface area (Å²) in [4.78, 5) is 24.4. The second-order valence-electron chi connectivity index (χ2n) is 5.78. The molecule has 3 nitrogen and oxygen atoms in total. The summed E-state index contributed by atoms with van der Waals surface area (Å²) >= 11 is 0. The Hall–Kier alpha value is -1.29. The topological polar surface area (TPSA) is 51.2 Å². The summed E-state index contributed by atoms with van der Waals surface area (Å²) in [7, 11) is -1.00. The van der Waals surface area contributed by atoms with Crippen LogP contribution in [0.1, 0.15) is 64.4 Å². The van der Waals surface area contributed by atoms with Crippen LogP contribution in [0.2, 0.25) is 0 Å². The smallest absolute Gasteiger partial charge is 0.140 e. The third-order valence-corrected chi connectivity index (χ3v) is 5.20. The molecule has 0 saturated heterocycles. The Labute approximate surface area is 142 Å². The molecule has 128 valence electrons. The second-order valence-corrected chi connectivity index (χ2v) is 7.16. The van der Waals surface area contributed by atoms with E-state index >= 15 is 0 Å². The van der Waals surface area contributed by atoms with Crippen molar-refractivity contribution in [1.82, 2.24) is 0 Å². The van der Waals surface area contributed by atoms with E-state index in [0.29, 0.717) is 31.0 Å².